The summed E-state index contributed by atoms with van der Waals surface area (Å²) in [7, 11) is 0. The van der Waals surface area contributed by atoms with Crippen molar-refractivity contribution in [2.24, 2.45) is 0 Å². The van der Waals surface area contributed by atoms with E-state index in [0.717, 1.165) is 34.5 Å². The SMILES string of the molecule is C=C(C)/C=C\c1cc(NC(=C)c2ccc(-c3ccc4c(c3)C=CC(=C)C4)cc2)ccc1C.C=CC. The van der Waals surface area contributed by atoms with Gasteiger partial charge in [-0.2, -0.15) is 0 Å². The summed E-state index contributed by atoms with van der Waals surface area (Å²) < 4.78 is 0. The van der Waals surface area contributed by atoms with Gasteiger partial charge in [-0.25, -0.2) is 0 Å². The molecule has 1 aliphatic carbocycles. The van der Waals surface area contributed by atoms with Gasteiger partial charge in [0.05, 0.1) is 0 Å². The fourth-order valence-electron chi connectivity index (χ4n) is 3.84. The zero-order valence-electron chi connectivity index (χ0n) is 21.2. The van der Waals surface area contributed by atoms with Crippen molar-refractivity contribution >= 4 is 23.5 Å². The fourth-order valence-corrected chi connectivity index (χ4v) is 3.84. The molecule has 0 saturated heterocycles. The number of hydrogen-bond donors (Lipinski definition) is 1. The number of allylic oxidation sites excluding steroid dienone is 5. The molecule has 3 aromatic rings. The molecule has 176 valence electrons. The summed E-state index contributed by atoms with van der Waals surface area (Å²) in [4.78, 5) is 0. The average molecular weight is 458 g/mol. The molecule has 35 heavy (non-hydrogen) atoms. The third-order valence-electron chi connectivity index (χ3n) is 5.75. The van der Waals surface area contributed by atoms with E-state index >= 15 is 0 Å². The second-order valence-electron chi connectivity index (χ2n) is 8.92. The van der Waals surface area contributed by atoms with E-state index in [1.165, 1.54) is 33.4 Å². The summed E-state index contributed by atoms with van der Waals surface area (Å²) in [6.45, 7) is 21.6. The molecule has 0 unspecified atom stereocenters. The normalized spacial score (nSPS) is 11.9. The van der Waals surface area contributed by atoms with Crippen LogP contribution < -0.4 is 5.32 Å². The van der Waals surface area contributed by atoms with Crippen LogP contribution >= 0.6 is 0 Å². The highest BCUT2D eigenvalue weighted by Crippen LogP contribution is 2.29. The Morgan fingerprint density at radius 1 is 0.914 bits per heavy atom. The molecule has 0 spiro atoms. The maximum Gasteiger partial charge on any atom is 0.0390 e. The van der Waals surface area contributed by atoms with Crippen LogP contribution in [-0.2, 0) is 6.42 Å². The number of rotatable bonds is 6. The number of aryl methyl sites for hydroxylation is 1. The summed E-state index contributed by atoms with van der Waals surface area (Å²) in [5.41, 5.74) is 12.6. The minimum atomic E-state index is 0.877. The highest BCUT2D eigenvalue weighted by atomic mass is 14.9. The molecule has 0 aliphatic heterocycles. The van der Waals surface area contributed by atoms with Gasteiger partial charge in [-0.05, 0) is 84.3 Å². The predicted octanol–water partition coefficient (Wildman–Crippen LogP) is 9.65. The van der Waals surface area contributed by atoms with Gasteiger partial charge in [0, 0.05) is 11.4 Å². The predicted molar refractivity (Wildman–Crippen MR) is 157 cm³/mol. The standard InChI is InChI=1S/C31H29N.C3H6/c1-21(2)6-9-27-20-31(17-8-23(27)4)32-24(5)25-11-13-26(14-12-25)29-16-15-28-18-22(3)7-10-30(28)19-29;1-3-2/h6-17,19-20,32H,1,3,5,18H2,2,4H3;3H,1H2,2H3/b9-6-;. The van der Waals surface area contributed by atoms with Crippen LogP contribution in [0.1, 0.15) is 41.7 Å². The molecule has 0 aromatic heterocycles. The maximum absolute atomic E-state index is 4.25. The topological polar surface area (TPSA) is 12.0 Å². The Kier molecular flexibility index (Phi) is 8.64. The van der Waals surface area contributed by atoms with Crippen molar-refractivity contribution in [1.82, 2.24) is 0 Å². The Morgan fingerprint density at radius 2 is 1.60 bits per heavy atom. The van der Waals surface area contributed by atoms with E-state index < -0.39 is 0 Å². The van der Waals surface area contributed by atoms with Gasteiger partial charge >= 0.3 is 0 Å². The smallest absolute Gasteiger partial charge is 0.0390 e. The molecule has 3 aromatic carbocycles. The lowest BCUT2D eigenvalue weighted by atomic mass is 9.91. The third kappa shape index (κ3) is 6.94. The Morgan fingerprint density at radius 3 is 2.29 bits per heavy atom. The van der Waals surface area contributed by atoms with Crippen LogP contribution in [0.15, 0.2) is 116 Å². The van der Waals surface area contributed by atoms with Crippen LogP contribution in [0.2, 0.25) is 0 Å². The molecule has 0 radical (unpaired) electrons. The highest BCUT2D eigenvalue weighted by Gasteiger charge is 2.09. The van der Waals surface area contributed by atoms with Crippen molar-refractivity contribution < 1.29 is 0 Å². The first-order chi connectivity index (χ1) is 16.8. The van der Waals surface area contributed by atoms with Crippen LogP contribution in [0, 0.1) is 6.92 Å². The van der Waals surface area contributed by atoms with E-state index in [1.54, 1.807) is 6.08 Å². The quantitative estimate of drug-likeness (QED) is 0.287. The molecule has 4 rings (SSSR count). The van der Waals surface area contributed by atoms with E-state index in [2.05, 4.69) is 117 Å². The Hall–Kier alpha value is -4.10. The van der Waals surface area contributed by atoms with E-state index in [4.69, 9.17) is 0 Å². The lowest BCUT2D eigenvalue weighted by molar-refractivity contribution is 1.18. The molecule has 0 amide bonds. The van der Waals surface area contributed by atoms with Crippen molar-refractivity contribution in [2.75, 3.05) is 5.32 Å². The molecule has 0 saturated carbocycles. The molecule has 0 fully saturated rings. The first-order valence-corrected chi connectivity index (χ1v) is 11.9. The van der Waals surface area contributed by atoms with E-state index in [0.29, 0.717) is 0 Å². The minimum Gasteiger partial charge on any atom is -0.356 e. The third-order valence-corrected chi connectivity index (χ3v) is 5.75. The maximum atomic E-state index is 4.25. The number of hydrogen-bond acceptors (Lipinski definition) is 1. The van der Waals surface area contributed by atoms with Crippen LogP contribution in [0.4, 0.5) is 5.69 Å². The van der Waals surface area contributed by atoms with E-state index in [9.17, 15) is 0 Å². The van der Waals surface area contributed by atoms with Crippen molar-refractivity contribution in [2.45, 2.75) is 27.2 Å². The molecule has 1 nitrogen and oxygen atoms in total. The fraction of sp³-hybridized carbons (Fsp3) is 0.118. The van der Waals surface area contributed by atoms with Crippen molar-refractivity contribution in [3.63, 3.8) is 0 Å². The summed E-state index contributed by atoms with van der Waals surface area (Å²) in [5.74, 6) is 0. The number of anilines is 1. The molecule has 0 heterocycles. The summed E-state index contributed by atoms with van der Waals surface area (Å²) >= 11 is 0. The first-order valence-electron chi connectivity index (χ1n) is 11.9. The van der Waals surface area contributed by atoms with Crippen molar-refractivity contribution in [1.29, 1.82) is 0 Å². The van der Waals surface area contributed by atoms with Gasteiger partial charge in [0.15, 0.2) is 0 Å². The first kappa shape index (κ1) is 25.5. The van der Waals surface area contributed by atoms with Crippen LogP contribution in [-0.4, -0.2) is 0 Å². The van der Waals surface area contributed by atoms with E-state index in [1.807, 2.05) is 19.9 Å². The minimum absolute atomic E-state index is 0.877. The summed E-state index contributed by atoms with van der Waals surface area (Å²) in [6.07, 6.45) is 11.1. The van der Waals surface area contributed by atoms with Crippen LogP contribution in [0.5, 0.6) is 0 Å². The Balaban J connectivity index is 0.00000108. The monoisotopic (exact) mass is 457 g/mol. The summed E-state index contributed by atoms with van der Waals surface area (Å²) in [6, 6.07) is 21.6. The zero-order valence-corrected chi connectivity index (χ0v) is 21.2. The van der Waals surface area contributed by atoms with Crippen LogP contribution in [0.3, 0.4) is 0 Å². The summed E-state index contributed by atoms with van der Waals surface area (Å²) in [5, 5.41) is 3.45. The van der Waals surface area contributed by atoms with Gasteiger partial charge in [-0.15, -0.1) is 6.58 Å². The molecule has 0 atom stereocenters. The largest absolute Gasteiger partial charge is 0.356 e. The average Bonchev–Trinajstić information content (AvgIpc) is 2.84. The van der Waals surface area contributed by atoms with Gasteiger partial charge in [0.1, 0.15) is 0 Å². The number of nitrogens with one attached hydrogen (secondary N) is 1. The van der Waals surface area contributed by atoms with Gasteiger partial charge in [-0.1, -0.05) is 104 Å². The lowest BCUT2D eigenvalue weighted by Gasteiger charge is -2.15. The highest BCUT2D eigenvalue weighted by molar-refractivity contribution is 5.79. The Labute approximate surface area is 211 Å². The molecule has 1 heteroatoms. The molecule has 1 aliphatic rings. The van der Waals surface area contributed by atoms with Crippen LogP contribution in [0.25, 0.3) is 29.0 Å². The van der Waals surface area contributed by atoms with E-state index in [-0.39, 0.29) is 0 Å². The zero-order chi connectivity index (χ0) is 25.4. The molecular formula is C34H35N. The number of fused-ring (bicyclic) bond motifs is 1. The molecule has 0 bridgehead atoms. The molecule has 1 N–H and O–H groups in total. The number of benzene rings is 3. The lowest BCUT2D eigenvalue weighted by Crippen LogP contribution is -1.98. The second kappa shape index (κ2) is 11.9. The molecular weight excluding hydrogens is 422 g/mol. The van der Waals surface area contributed by atoms with Gasteiger partial charge in [-0.3, -0.25) is 0 Å². The van der Waals surface area contributed by atoms with Gasteiger partial charge < -0.3 is 5.32 Å². The van der Waals surface area contributed by atoms with Gasteiger partial charge in [0.2, 0.25) is 0 Å². The second-order valence-corrected chi connectivity index (χ2v) is 8.92. The Bertz CT molecular complexity index is 1310. The van der Waals surface area contributed by atoms with Gasteiger partial charge in [0.25, 0.3) is 0 Å². The van der Waals surface area contributed by atoms with Crippen molar-refractivity contribution in [3.05, 3.63) is 144 Å². The van der Waals surface area contributed by atoms with Crippen molar-refractivity contribution in [3.8, 4) is 11.1 Å².